The molecule has 146 valence electrons. The van der Waals surface area contributed by atoms with Gasteiger partial charge < -0.3 is 15.4 Å². The molecular formula is C21H28N2O4. The van der Waals surface area contributed by atoms with Crippen molar-refractivity contribution in [3.8, 4) is 0 Å². The van der Waals surface area contributed by atoms with Crippen molar-refractivity contribution in [2.24, 2.45) is 17.8 Å². The number of amides is 2. The number of para-hydroxylation sites is 1. The molecule has 0 spiro atoms. The van der Waals surface area contributed by atoms with Crippen LogP contribution in [-0.4, -0.2) is 30.9 Å². The van der Waals surface area contributed by atoms with E-state index in [0.717, 1.165) is 30.0 Å². The Bertz CT molecular complexity index is 703. The maximum absolute atomic E-state index is 12.0. The first-order chi connectivity index (χ1) is 13.0. The first-order valence-corrected chi connectivity index (χ1v) is 9.85. The lowest BCUT2D eigenvalue weighted by atomic mass is 9.86. The van der Waals surface area contributed by atoms with Crippen LogP contribution < -0.4 is 10.6 Å². The van der Waals surface area contributed by atoms with E-state index >= 15 is 0 Å². The number of benzene rings is 1. The lowest BCUT2D eigenvalue weighted by Gasteiger charge is -2.20. The van der Waals surface area contributed by atoms with E-state index in [0.29, 0.717) is 18.3 Å². The Kier molecular flexibility index (Phi) is 6.48. The van der Waals surface area contributed by atoms with E-state index in [2.05, 4.69) is 10.6 Å². The summed E-state index contributed by atoms with van der Waals surface area (Å²) >= 11 is 0. The van der Waals surface area contributed by atoms with Crippen LogP contribution in [0.2, 0.25) is 0 Å². The SMILES string of the molecule is CCc1ccccc1NC(=O)CNC(=O)COC(=O)C[C@@H]1C[C@@H]2CC[C@@H]1C2. The Hall–Kier alpha value is -2.37. The molecule has 1 aromatic carbocycles. The third kappa shape index (κ3) is 5.31. The largest absolute Gasteiger partial charge is 0.456 e. The number of esters is 1. The summed E-state index contributed by atoms with van der Waals surface area (Å²) in [4.78, 5) is 35.8. The Labute approximate surface area is 160 Å². The summed E-state index contributed by atoms with van der Waals surface area (Å²) in [5.41, 5.74) is 1.78. The second-order valence-corrected chi connectivity index (χ2v) is 7.64. The fourth-order valence-corrected chi connectivity index (χ4v) is 4.42. The van der Waals surface area contributed by atoms with Crippen LogP contribution in [0.15, 0.2) is 24.3 Å². The first kappa shape index (κ1) is 19.4. The number of rotatable bonds is 8. The van der Waals surface area contributed by atoms with E-state index in [1.807, 2.05) is 31.2 Å². The van der Waals surface area contributed by atoms with Gasteiger partial charge in [0, 0.05) is 12.1 Å². The highest BCUT2D eigenvalue weighted by Gasteiger charge is 2.40. The van der Waals surface area contributed by atoms with Gasteiger partial charge in [-0.05, 0) is 55.1 Å². The number of carbonyl (C=O) groups is 3. The predicted molar refractivity (Wildman–Crippen MR) is 102 cm³/mol. The van der Waals surface area contributed by atoms with E-state index in [1.54, 1.807) is 0 Å². The molecule has 0 unspecified atom stereocenters. The average Bonchev–Trinajstić information content (AvgIpc) is 3.28. The molecule has 0 aliphatic heterocycles. The second-order valence-electron chi connectivity index (χ2n) is 7.64. The lowest BCUT2D eigenvalue weighted by Crippen LogP contribution is -2.35. The molecule has 0 radical (unpaired) electrons. The minimum Gasteiger partial charge on any atom is -0.456 e. The zero-order valence-electron chi connectivity index (χ0n) is 15.8. The van der Waals surface area contributed by atoms with Crippen molar-refractivity contribution in [1.82, 2.24) is 5.32 Å². The molecule has 2 amide bonds. The molecule has 3 atom stereocenters. The molecule has 0 aromatic heterocycles. The van der Waals surface area contributed by atoms with Crippen molar-refractivity contribution in [3.05, 3.63) is 29.8 Å². The van der Waals surface area contributed by atoms with Crippen molar-refractivity contribution in [2.45, 2.75) is 45.4 Å². The van der Waals surface area contributed by atoms with Crippen LogP contribution in [0.1, 0.15) is 44.6 Å². The van der Waals surface area contributed by atoms with E-state index < -0.39 is 5.91 Å². The molecule has 3 rings (SSSR count). The number of nitrogens with one attached hydrogen (secondary N) is 2. The van der Waals surface area contributed by atoms with Crippen LogP contribution in [0.4, 0.5) is 5.69 Å². The lowest BCUT2D eigenvalue weighted by molar-refractivity contribution is -0.149. The smallest absolute Gasteiger partial charge is 0.306 e. The van der Waals surface area contributed by atoms with Gasteiger partial charge in [0.2, 0.25) is 5.91 Å². The van der Waals surface area contributed by atoms with Gasteiger partial charge in [-0.25, -0.2) is 0 Å². The van der Waals surface area contributed by atoms with Gasteiger partial charge in [-0.15, -0.1) is 0 Å². The van der Waals surface area contributed by atoms with Crippen molar-refractivity contribution in [2.75, 3.05) is 18.5 Å². The zero-order valence-corrected chi connectivity index (χ0v) is 15.8. The van der Waals surface area contributed by atoms with Crippen molar-refractivity contribution in [1.29, 1.82) is 0 Å². The third-order valence-electron chi connectivity index (χ3n) is 5.80. The summed E-state index contributed by atoms with van der Waals surface area (Å²) < 4.78 is 5.08. The summed E-state index contributed by atoms with van der Waals surface area (Å²) in [6.07, 6.45) is 6.09. The summed E-state index contributed by atoms with van der Waals surface area (Å²) in [5.74, 6) is 0.777. The van der Waals surface area contributed by atoms with E-state index in [4.69, 9.17) is 4.74 Å². The number of aryl methyl sites for hydroxylation is 1. The third-order valence-corrected chi connectivity index (χ3v) is 5.80. The molecule has 2 aliphatic rings. The van der Waals surface area contributed by atoms with Crippen molar-refractivity contribution >= 4 is 23.5 Å². The van der Waals surface area contributed by atoms with Crippen LogP contribution in [0.3, 0.4) is 0 Å². The highest BCUT2D eigenvalue weighted by molar-refractivity contribution is 5.95. The minimum atomic E-state index is -0.463. The summed E-state index contributed by atoms with van der Waals surface area (Å²) in [7, 11) is 0. The van der Waals surface area contributed by atoms with Gasteiger partial charge in [-0.2, -0.15) is 0 Å². The van der Waals surface area contributed by atoms with Crippen LogP contribution in [0.5, 0.6) is 0 Å². The molecule has 0 saturated heterocycles. The molecule has 6 heteroatoms. The molecule has 0 heterocycles. The fourth-order valence-electron chi connectivity index (χ4n) is 4.42. The maximum Gasteiger partial charge on any atom is 0.306 e. The van der Waals surface area contributed by atoms with Gasteiger partial charge in [0.1, 0.15) is 0 Å². The molecular weight excluding hydrogens is 344 g/mol. The van der Waals surface area contributed by atoms with Crippen molar-refractivity contribution < 1.29 is 19.1 Å². The van der Waals surface area contributed by atoms with E-state index in [9.17, 15) is 14.4 Å². The Morgan fingerprint density at radius 2 is 1.93 bits per heavy atom. The van der Waals surface area contributed by atoms with Gasteiger partial charge in [0.15, 0.2) is 6.61 Å². The quantitative estimate of drug-likeness (QED) is 0.687. The van der Waals surface area contributed by atoms with Crippen LogP contribution >= 0.6 is 0 Å². The minimum absolute atomic E-state index is 0.152. The Morgan fingerprint density at radius 1 is 1.11 bits per heavy atom. The highest BCUT2D eigenvalue weighted by atomic mass is 16.5. The molecule has 2 fully saturated rings. The summed E-state index contributed by atoms with van der Waals surface area (Å²) in [5, 5.41) is 5.27. The van der Waals surface area contributed by atoms with Gasteiger partial charge in [0.25, 0.3) is 5.91 Å². The standard InChI is InChI=1S/C21H28N2O4/c1-2-15-5-3-4-6-18(15)23-19(24)12-22-20(25)13-27-21(26)11-17-10-14-7-8-16(17)9-14/h3-6,14,16-17H,2,7-13H2,1H3,(H,22,25)(H,23,24)/t14-,16-,17+/m1/s1. The van der Waals surface area contributed by atoms with Gasteiger partial charge in [-0.1, -0.05) is 31.5 Å². The van der Waals surface area contributed by atoms with Crippen LogP contribution in [0.25, 0.3) is 0 Å². The highest BCUT2D eigenvalue weighted by Crippen LogP contribution is 2.49. The van der Waals surface area contributed by atoms with E-state index in [-0.39, 0.29) is 25.0 Å². The molecule has 2 saturated carbocycles. The van der Waals surface area contributed by atoms with Crippen molar-refractivity contribution in [3.63, 3.8) is 0 Å². The van der Waals surface area contributed by atoms with E-state index in [1.165, 1.54) is 19.3 Å². The monoisotopic (exact) mass is 372 g/mol. The molecule has 2 bridgehead atoms. The predicted octanol–water partition coefficient (Wildman–Crippen LogP) is 2.67. The molecule has 1 aromatic rings. The molecule has 27 heavy (non-hydrogen) atoms. The summed E-state index contributed by atoms with van der Waals surface area (Å²) in [6.45, 7) is 1.52. The number of anilines is 1. The number of ether oxygens (including phenoxy) is 1. The van der Waals surface area contributed by atoms with Crippen LogP contribution in [-0.2, 0) is 25.5 Å². The molecule has 6 nitrogen and oxygen atoms in total. The average molecular weight is 372 g/mol. The maximum atomic E-state index is 12.0. The Balaban J connectivity index is 1.33. The number of carbonyl (C=O) groups excluding carboxylic acids is 3. The topological polar surface area (TPSA) is 84.5 Å². The first-order valence-electron chi connectivity index (χ1n) is 9.85. The molecule has 2 N–H and O–H groups in total. The summed E-state index contributed by atoms with van der Waals surface area (Å²) in [6, 6.07) is 7.55. The molecule has 2 aliphatic carbocycles. The fraction of sp³-hybridized carbons (Fsp3) is 0.571. The van der Waals surface area contributed by atoms with Gasteiger partial charge >= 0.3 is 5.97 Å². The second kappa shape index (κ2) is 9.02. The van der Waals surface area contributed by atoms with Gasteiger partial charge in [-0.3, -0.25) is 14.4 Å². The number of hydrogen-bond donors (Lipinski definition) is 2. The van der Waals surface area contributed by atoms with Crippen LogP contribution in [0, 0.1) is 17.8 Å². The number of fused-ring (bicyclic) bond motifs is 2. The van der Waals surface area contributed by atoms with Gasteiger partial charge in [0.05, 0.1) is 6.54 Å². The normalized spacial score (nSPS) is 23.1. The Morgan fingerprint density at radius 3 is 2.63 bits per heavy atom. The zero-order chi connectivity index (χ0) is 19.2. The number of hydrogen-bond acceptors (Lipinski definition) is 4.